The van der Waals surface area contributed by atoms with Crippen LogP contribution in [0.2, 0.25) is 0 Å². The molecule has 2 aromatic rings. The van der Waals surface area contributed by atoms with Crippen molar-refractivity contribution in [1.82, 2.24) is 10.3 Å². The molecule has 6 nitrogen and oxygen atoms in total. The monoisotopic (exact) mass is 386 g/mol. The third kappa shape index (κ3) is 5.63. The van der Waals surface area contributed by atoms with Gasteiger partial charge < -0.3 is 20.4 Å². The van der Waals surface area contributed by atoms with Gasteiger partial charge in [0.1, 0.15) is 17.8 Å². The summed E-state index contributed by atoms with van der Waals surface area (Å²) in [5.41, 5.74) is 7.01. The standard InChI is InChI=1S/C17H22N4O2.2ClH/c18-10-15-9-14(12-23-15)17(22)20-11-13-4-5-19-16(8-13)21-6-2-1-3-7-21;;/h4-5,8-9,12H,1-3,6-7,10-11,18H2,(H,20,22);2*1H. The van der Waals surface area contributed by atoms with E-state index in [0.29, 0.717) is 17.9 Å². The van der Waals surface area contributed by atoms with Crippen LogP contribution in [-0.4, -0.2) is 24.0 Å². The number of amides is 1. The van der Waals surface area contributed by atoms with Crippen molar-refractivity contribution in [3.8, 4) is 0 Å². The summed E-state index contributed by atoms with van der Waals surface area (Å²) in [6.07, 6.45) is 6.96. The summed E-state index contributed by atoms with van der Waals surface area (Å²) in [6, 6.07) is 5.64. The van der Waals surface area contributed by atoms with E-state index in [4.69, 9.17) is 10.2 Å². The Kier molecular flexibility index (Phi) is 8.75. The third-order valence-electron chi connectivity index (χ3n) is 4.06. The van der Waals surface area contributed by atoms with Crippen molar-refractivity contribution < 1.29 is 9.21 Å². The zero-order valence-corrected chi connectivity index (χ0v) is 15.6. The van der Waals surface area contributed by atoms with Gasteiger partial charge in [0.05, 0.1) is 12.1 Å². The number of furan rings is 1. The molecule has 1 saturated heterocycles. The zero-order valence-electron chi connectivity index (χ0n) is 13.9. The Balaban J connectivity index is 0.00000156. The Labute approximate surface area is 160 Å². The Morgan fingerprint density at radius 2 is 2.00 bits per heavy atom. The first kappa shape index (κ1) is 21.3. The van der Waals surface area contributed by atoms with E-state index in [1.54, 1.807) is 12.3 Å². The van der Waals surface area contributed by atoms with E-state index >= 15 is 0 Å². The van der Waals surface area contributed by atoms with Crippen LogP contribution in [0.25, 0.3) is 0 Å². The highest BCUT2D eigenvalue weighted by atomic mass is 35.5. The maximum atomic E-state index is 12.1. The molecule has 0 unspecified atom stereocenters. The van der Waals surface area contributed by atoms with E-state index in [2.05, 4.69) is 15.2 Å². The van der Waals surface area contributed by atoms with Crippen LogP contribution < -0.4 is 16.0 Å². The van der Waals surface area contributed by atoms with E-state index in [1.807, 2.05) is 12.1 Å². The minimum atomic E-state index is -0.162. The van der Waals surface area contributed by atoms with Gasteiger partial charge in [-0.3, -0.25) is 4.79 Å². The SMILES string of the molecule is Cl.Cl.NCc1cc(C(=O)NCc2ccnc(N3CCCCC3)c2)co1. The number of nitrogens with one attached hydrogen (secondary N) is 1. The number of halogens is 2. The average molecular weight is 387 g/mol. The summed E-state index contributed by atoms with van der Waals surface area (Å²) in [7, 11) is 0. The molecule has 0 radical (unpaired) electrons. The molecule has 8 heteroatoms. The van der Waals surface area contributed by atoms with Gasteiger partial charge in [-0.15, -0.1) is 24.8 Å². The molecule has 1 fully saturated rings. The summed E-state index contributed by atoms with van der Waals surface area (Å²) in [4.78, 5) is 18.8. The number of hydrogen-bond acceptors (Lipinski definition) is 5. The lowest BCUT2D eigenvalue weighted by Gasteiger charge is -2.27. The van der Waals surface area contributed by atoms with Gasteiger partial charge in [-0.1, -0.05) is 0 Å². The number of nitrogens with two attached hydrogens (primary N) is 1. The first-order valence-corrected chi connectivity index (χ1v) is 8.02. The van der Waals surface area contributed by atoms with Gasteiger partial charge in [0.25, 0.3) is 5.91 Å². The predicted octanol–water partition coefficient (Wildman–Crippen LogP) is 2.90. The lowest BCUT2D eigenvalue weighted by molar-refractivity contribution is 0.0950. The minimum Gasteiger partial charge on any atom is -0.467 e. The minimum absolute atomic E-state index is 0. The largest absolute Gasteiger partial charge is 0.467 e. The van der Waals surface area contributed by atoms with Crippen LogP contribution in [0.5, 0.6) is 0 Å². The summed E-state index contributed by atoms with van der Waals surface area (Å²) < 4.78 is 5.18. The second-order valence-corrected chi connectivity index (χ2v) is 5.76. The molecule has 3 rings (SSSR count). The van der Waals surface area contributed by atoms with Crippen molar-refractivity contribution in [1.29, 1.82) is 0 Å². The summed E-state index contributed by atoms with van der Waals surface area (Å²) in [5, 5.41) is 2.90. The topological polar surface area (TPSA) is 84.4 Å². The predicted molar refractivity (Wildman–Crippen MR) is 103 cm³/mol. The molecule has 1 aliphatic rings. The molecule has 1 amide bonds. The Hall–Kier alpha value is -1.76. The number of anilines is 1. The number of rotatable bonds is 5. The van der Waals surface area contributed by atoms with Gasteiger partial charge in [0.2, 0.25) is 0 Å². The molecule has 25 heavy (non-hydrogen) atoms. The Bertz CT molecular complexity index is 672. The quantitative estimate of drug-likeness (QED) is 0.824. The van der Waals surface area contributed by atoms with E-state index in [0.717, 1.165) is 24.5 Å². The molecule has 0 aromatic carbocycles. The second kappa shape index (κ2) is 10.3. The molecule has 0 aliphatic carbocycles. The maximum absolute atomic E-state index is 12.1. The van der Waals surface area contributed by atoms with Crippen LogP contribution >= 0.6 is 24.8 Å². The van der Waals surface area contributed by atoms with Gasteiger partial charge in [0, 0.05) is 25.8 Å². The highest BCUT2D eigenvalue weighted by molar-refractivity contribution is 5.93. The second-order valence-electron chi connectivity index (χ2n) is 5.76. The number of nitrogens with zero attached hydrogens (tertiary/aromatic N) is 2. The van der Waals surface area contributed by atoms with Gasteiger partial charge in [-0.05, 0) is 43.0 Å². The molecule has 3 N–H and O–H groups in total. The fourth-order valence-electron chi connectivity index (χ4n) is 2.76. The van der Waals surface area contributed by atoms with Crippen molar-refractivity contribution in [2.45, 2.75) is 32.4 Å². The lowest BCUT2D eigenvalue weighted by atomic mass is 10.1. The van der Waals surface area contributed by atoms with Gasteiger partial charge in [-0.25, -0.2) is 4.98 Å². The van der Waals surface area contributed by atoms with Crippen molar-refractivity contribution in [3.05, 3.63) is 47.5 Å². The first-order chi connectivity index (χ1) is 11.3. The third-order valence-corrected chi connectivity index (χ3v) is 4.06. The van der Waals surface area contributed by atoms with Gasteiger partial charge in [0.15, 0.2) is 0 Å². The van der Waals surface area contributed by atoms with Crippen molar-refractivity contribution >= 4 is 36.5 Å². The van der Waals surface area contributed by atoms with Crippen LogP contribution in [0.4, 0.5) is 5.82 Å². The van der Waals surface area contributed by atoms with E-state index in [-0.39, 0.29) is 37.3 Å². The molecule has 0 spiro atoms. The number of aromatic nitrogens is 1. The van der Waals surface area contributed by atoms with Gasteiger partial charge in [-0.2, -0.15) is 0 Å². The fourth-order valence-corrected chi connectivity index (χ4v) is 2.76. The van der Waals surface area contributed by atoms with Gasteiger partial charge >= 0.3 is 0 Å². The molecule has 1 aliphatic heterocycles. The lowest BCUT2D eigenvalue weighted by Crippen LogP contribution is -2.30. The summed E-state index contributed by atoms with van der Waals surface area (Å²) >= 11 is 0. The van der Waals surface area contributed by atoms with Crippen molar-refractivity contribution in [2.24, 2.45) is 5.73 Å². The molecule has 0 saturated carbocycles. The Morgan fingerprint density at radius 1 is 1.24 bits per heavy atom. The smallest absolute Gasteiger partial charge is 0.254 e. The van der Waals surface area contributed by atoms with Crippen molar-refractivity contribution in [2.75, 3.05) is 18.0 Å². The van der Waals surface area contributed by atoms with Crippen LogP contribution in [0.15, 0.2) is 35.1 Å². The summed E-state index contributed by atoms with van der Waals surface area (Å²) in [5.74, 6) is 1.43. The van der Waals surface area contributed by atoms with Crippen LogP contribution in [-0.2, 0) is 13.1 Å². The maximum Gasteiger partial charge on any atom is 0.254 e. The number of pyridine rings is 1. The van der Waals surface area contributed by atoms with E-state index < -0.39 is 0 Å². The molecular formula is C17H24Cl2N4O2. The normalized spacial score (nSPS) is 13.6. The van der Waals surface area contributed by atoms with Crippen molar-refractivity contribution in [3.63, 3.8) is 0 Å². The van der Waals surface area contributed by atoms with E-state index in [1.165, 1.54) is 25.5 Å². The molecular weight excluding hydrogens is 363 g/mol. The van der Waals surface area contributed by atoms with Crippen LogP contribution in [0.3, 0.4) is 0 Å². The Morgan fingerprint density at radius 3 is 2.68 bits per heavy atom. The number of piperidine rings is 1. The number of carbonyl (C=O) groups excluding carboxylic acids is 1. The first-order valence-electron chi connectivity index (χ1n) is 8.02. The highest BCUT2D eigenvalue weighted by Gasteiger charge is 2.13. The molecule has 2 aromatic heterocycles. The fraction of sp³-hybridized carbons (Fsp3) is 0.412. The number of hydrogen-bond donors (Lipinski definition) is 2. The molecule has 138 valence electrons. The molecule has 0 bridgehead atoms. The highest BCUT2D eigenvalue weighted by Crippen LogP contribution is 2.18. The van der Waals surface area contributed by atoms with Crippen LogP contribution in [0.1, 0.15) is 40.9 Å². The number of carbonyl (C=O) groups is 1. The molecule has 3 heterocycles. The molecule has 0 atom stereocenters. The van der Waals surface area contributed by atoms with E-state index in [9.17, 15) is 4.79 Å². The average Bonchev–Trinajstić information content (AvgIpc) is 3.10. The zero-order chi connectivity index (χ0) is 16.1. The van der Waals surface area contributed by atoms with Crippen LogP contribution in [0, 0.1) is 0 Å². The summed E-state index contributed by atoms with van der Waals surface area (Å²) in [6.45, 7) is 2.86.